The minimum atomic E-state index is 0. The number of hydrogen-bond donors (Lipinski definition) is 2. The van der Waals surface area contributed by atoms with Crippen molar-refractivity contribution in [3.05, 3.63) is 23.8 Å². The minimum absolute atomic E-state index is 0. The van der Waals surface area contributed by atoms with Crippen LogP contribution in [0.4, 0.5) is 0 Å². The van der Waals surface area contributed by atoms with E-state index in [4.69, 9.17) is 10.5 Å². The number of benzene rings is 1. The summed E-state index contributed by atoms with van der Waals surface area (Å²) in [5, 5.41) is 9.74. The predicted molar refractivity (Wildman–Crippen MR) is 78.9 cm³/mol. The Hall–Kier alpha value is -0.970. The summed E-state index contributed by atoms with van der Waals surface area (Å²) in [5.74, 6) is 1.32. The third kappa shape index (κ3) is 4.00. The molecule has 1 aliphatic rings. The second-order valence-corrected chi connectivity index (χ2v) is 5.15. The van der Waals surface area contributed by atoms with E-state index in [0.29, 0.717) is 11.7 Å². The van der Waals surface area contributed by atoms with Crippen molar-refractivity contribution in [2.24, 2.45) is 11.7 Å². The van der Waals surface area contributed by atoms with Gasteiger partial charge in [-0.3, -0.25) is 4.90 Å². The van der Waals surface area contributed by atoms with Gasteiger partial charge in [0.15, 0.2) is 11.5 Å². The van der Waals surface area contributed by atoms with Crippen LogP contribution in [0.5, 0.6) is 11.5 Å². The third-order valence-electron chi connectivity index (χ3n) is 3.70. The highest BCUT2D eigenvalue weighted by Crippen LogP contribution is 2.28. The van der Waals surface area contributed by atoms with E-state index in [1.54, 1.807) is 13.2 Å². The first kappa shape index (κ1) is 16.1. The van der Waals surface area contributed by atoms with Gasteiger partial charge in [-0.2, -0.15) is 0 Å². The highest BCUT2D eigenvalue weighted by Gasteiger charge is 2.25. The van der Waals surface area contributed by atoms with Gasteiger partial charge in [0.1, 0.15) is 0 Å². The Balaban J connectivity index is 0.00000180. The second-order valence-electron chi connectivity index (χ2n) is 5.15. The van der Waals surface area contributed by atoms with Gasteiger partial charge in [0, 0.05) is 19.1 Å². The summed E-state index contributed by atoms with van der Waals surface area (Å²) in [7, 11) is 1.56. The number of nitrogens with zero attached hydrogens (tertiary/aromatic N) is 1. The molecule has 0 bridgehead atoms. The molecule has 2 atom stereocenters. The maximum absolute atomic E-state index is 9.74. The molecule has 1 aliphatic heterocycles. The van der Waals surface area contributed by atoms with Gasteiger partial charge in [-0.05, 0) is 43.5 Å². The van der Waals surface area contributed by atoms with E-state index >= 15 is 0 Å². The Kier molecular flexibility index (Phi) is 5.91. The summed E-state index contributed by atoms with van der Waals surface area (Å²) in [6.45, 7) is 5.07. The van der Waals surface area contributed by atoms with E-state index in [1.807, 2.05) is 12.1 Å². The lowest BCUT2D eigenvalue weighted by molar-refractivity contribution is 0.307. The first-order valence-electron chi connectivity index (χ1n) is 6.44. The van der Waals surface area contributed by atoms with Crippen molar-refractivity contribution in [3.8, 4) is 11.5 Å². The molecule has 2 rings (SSSR count). The number of methoxy groups -OCH3 is 1. The maximum Gasteiger partial charge on any atom is 0.160 e. The molecule has 0 aromatic heterocycles. The van der Waals surface area contributed by atoms with Crippen LogP contribution in [0.1, 0.15) is 18.9 Å². The number of ether oxygens (including phenoxy) is 1. The van der Waals surface area contributed by atoms with Crippen LogP contribution in [0, 0.1) is 5.92 Å². The van der Waals surface area contributed by atoms with Gasteiger partial charge in [-0.25, -0.2) is 0 Å². The molecule has 5 heteroatoms. The molecule has 1 fully saturated rings. The molecule has 0 amide bonds. The number of likely N-dealkylation sites (tertiary alicyclic amines) is 1. The van der Waals surface area contributed by atoms with Gasteiger partial charge in [-0.15, -0.1) is 12.4 Å². The van der Waals surface area contributed by atoms with E-state index in [2.05, 4.69) is 11.8 Å². The Bertz CT molecular complexity index is 412. The molecule has 3 N–H and O–H groups in total. The van der Waals surface area contributed by atoms with Gasteiger partial charge < -0.3 is 15.6 Å². The van der Waals surface area contributed by atoms with Crippen LogP contribution in [0.15, 0.2) is 18.2 Å². The molecule has 108 valence electrons. The molecular formula is C14H23ClN2O2. The fourth-order valence-electron chi connectivity index (χ4n) is 2.53. The molecule has 1 aromatic rings. The van der Waals surface area contributed by atoms with Gasteiger partial charge in [-0.1, -0.05) is 6.07 Å². The van der Waals surface area contributed by atoms with Crippen LogP contribution < -0.4 is 10.5 Å². The van der Waals surface area contributed by atoms with Crippen molar-refractivity contribution in [1.29, 1.82) is 0 Å². The molecule has 0 radical (unpaired) electrons. The fourth-order valence-corrected chi connectivity index (χ4v) is 2.53. The lowest BCUT2D eigenvalue weighted by atomic mass is 10.0. The molecule has 1 aromatic carbocycles. The van der Waals surface area contributed by atoms with E-state index in [1.165, 1.54) is 6.42 Å². The van der Waals surface area contributed by atoms with Crippen molar-refractivity contribution in [2.45, 2.75) is 25.9 Å². The van der Waals surface area contributed by atoms with Crippen LogP contribution in [0.3, 0.4) is 0 Å². The molecule has 1 saturated heterocycles. The van der Waals surface area contributed by atoms with Crippen LogP contribution in [-0.4, -0.2) is 36.2 Å². The lowest BCUT2D eigenvalue weighted by Crippen LogP contribution is -2.29. The number of phenolic OH excluding ortho intramolecular Hbond substituents is 1. The number of rotatable bonds is 4. The average molecular weight is 287 g/mol. The van der Waals surface area contributed by atoms with E-state index < -0.39 is 0 Å². The Morgan fingerprint density at radius 1 is 1.53 bits per heavy atom. The topological polar surface area (TPSA) is 58.7 Å². The van der Waals surface area contributed by atoms with Crippen LogP contribution >= 0.6 is 12.4 Å². The smallest absolute Gasteiger partial charge is 0.160 e. The molecule has 0 aliphatic carbocycles. The number of hydrogen-bond acceptors (Lipinski definition) is 4. The van der Waals surface area contributed by atoms with Crippen molar-refractivity contribution in [2.75, 3.05) is 20.2 Å². The fraction of sp³-hybridized carbons (Fsp3) is 0.571. The SMILES string of the molecule is COc1ccc(CN2CCC(C(C)N)C2)cc1O.Cl. The molecule has 4 nitrogen and oxygen atoms in total. The summed E-state index contributed by atoms with van der Waals surface area (Å²) in [6, 6.07) is 5.85. The largest absolute Gasteiger partial charge is 0.504 e. The zero-order valence-electron chi connectivity index (χ0n) is 11.5. The summed E-state index contributed by atoms with van der Waals surface area (Å²) >= 11 is 0. The summed E-state index contributed by atoms with van der Waals surface area (Å²) in [4.78, 5) is 2.38. The average Bonchev–Trinajstić information content (AvgIpc) is 2.78. The number of nitrogens with two attached hydrogens (primary N) is 1. The summed E-state index contributed by atoms with van der Waals surface area (Å²) in [6.07, 6.45) is 1.17. The second kappa shape index (κ2) is 6.98. The van der Waals surface area contributed by atoms with Crippen LogP contribution in [0.2, 0.25) is 0 Å². The lowest BCUT2D eigenvalue weighted by Gasteiger charge is -2.18. The first-order valence-corrected chi connectivity index (χ1v) is 6.44. The number of aromatic hydroxyl groups is 1. The van der Waals surface area contributed by atoms with Gasteiger partial charge in [0.05, 0.1) is 7.11 Å². The maximum atomic E-state index is 9.74. The summed E-state index contributed by atoms with van der Waals surface area (Å²) < 4.78 is 5.04. The van der Waals surface area contributed by atoms with Crippen LogP contribution in [0.25, 0.3) is 0 Å². The van der Waals surface area contributed by atoms with Crippen LogP contribution in [-0.2, 0) is 6.54 Å². The Morgan fingerprint density at radius 3 is 2.79 bits per heavy atom. The van der Waals surface area contributed by atoms with Crippen molar-refractivity contribution >= 4 is 12.4 Å². The molecule has 0 saturated carbocycles. The van der Waals surface area contributed by atoms with Gasteiger partial charge in [0.2, 0.25) is 0 Å². The summed E-state index contributed by atoms with van der Waals surface area (Å²) in [5.41, 5.74) is 7.04. The van der Waals surface area contributed by atoms with E-state index in [9.17, 15) is 5.11 Å². The molecule has 19 heavy (non-hydrogen) atoms. The van der Waals surface area contributed by atoms with Gasteiger partial charge in [0.25, 0.3) is 0 Å². The van der Waals surface area contributed by atoms with E-state index in [-0.39, 0.29) is 24.2 Å². The molecule has 1 heterocycles. The Labute approximate surface area is 121 Å². The van der Waals surface area contributed by atoms with Crippen molar-refractivity contribution < 1.29 is 9.84 Å². The zero-order valence-corrected chi connectivity index (χ0v) is 12.3. The standard InChI is InChI=1S/C14H22N2O2.ClH/c1-10(15)12-5-6-16(9-12)8-11-3-4-14(18-2)13(17)7-11;/h3-4,7,10,12,17H,5-6,8-9,15H2,1-2H3;1H. The molecular weight excluding hydrogens is 264 g/mol. The van der Waals surface area contributed by atoms with E-state index in [0.717, 1.165) is 25.2 Å². The van der Waals surface area contributed by atoms with Gasteiger partial charge >= 0.3 is 0 Å². The number of phenols is 1. The Morgan fingerprint density at radius 2 is 2.26 bits per heavy atom. The minimum Gasteiger partial charge on any atom is -0.504 e. The van der Waals surface area contributed by atoms with Crippen molar-refractivity contribution in [1.82, 2.24) is 4.90 Å². The normalized spacial score (nSPS) is 20.9. The van der Waals surface area contributed by atoms with Crippen molar-refractivity contribution in [3.63, 3.8) is 0 Å². The molecule has 2 unspecified atom stereocenters. The zero-order chi connectivity index (χ0) is 13.1. The quantitative estimate of drug-likeness (QED) is 0.889. The third-order valence-corrected chi connectivity index (χ3v) is 3.70. The molecule has 0 spiro atoms. The first-order chi connectivity index (χ1) is 8.60. The highest BCUT2D eigenvalue weighted by atomic mass is 35.5. The number of halogens is 1. The predicted octanol–water partition coefficient (Wildman–Crippen LogP) is 1.99. The highest BCUT2D eigenvalue weighted by molar-refractivity contribution is 5.85. The monoisotopic (exact) mass is 286 g/mol.